The van der Waals surface area contributed by atoms with E-state index in [1.165, 1.54) is 0 Å². The van der Waals surface area contributed by atoms with E-state index in [1.54, 1.807) is 36.4 Å². The van der Waals surface area contributed by atoms with E-state index >= 15 is 0 Å². The van der Waals surface area contributed by atoms with Crippen molar-refractivity contribution in [3.63, 3.8) is 0 Å². The van der Waals surface area contributed by atoms with E-state index in [0.29, 0.717) is 45.4 Å². The molecule has 16 nitrogen and oxygen atoms in total. The summed E-state index contributed by atoms with van der Waals surface area (Å²) in [5.74, 6) is 0.609. The minimum Gasteiger partial charge on any atom is -0.462 e. The zero-order chi connectivity index (χ0) is 41.7. The Balaban J connectivity index is 1.11. The van der Waals surface area contributed by atoms with Crippen LogP contribution in [-0.2, 0) is 9.47 Å². The summed E-state index contributed by atoms with van der Waals surface area (Å²) in [6.07, 6.45) is -6.71. The Morgan fingerprint density at radius 1 is 0.500 bits per heavy atom. The van der Waals surface area contributed by atoms with E-state index in [4.69, 9.17) is 28.9 Å². The number of benzene rings is 2. The summed E-state index contributed by atoms with van der Waals surface area (Å²) in [6.45, 7) is -1.16. The van der Waals surface area contributed by atoms with Crippen LogP contribution in [0.25, 0.3) is 68.6 Å². The Bertz CT molecular complexity index is 2440. The fourth-order valence-electron chi connectivity index (χ4n) is 7.73. The molecule has 10 atom stereocenters. The van der Waals surface area contributed by atoms with Gasteiger partial charge in [-0.05, 0) is 96.1 Å². The third kappa shape index (κ3) is 7.61. The van der Waals surface area contributed by atoms with Crippen molar-refractivity contribution in [3.8, 4) is 33.8 Å². The van der Waals surface area contributed by atoms with Crippen LogP contribution in [0.2, 0.25) is 0 Å². The summed E-state index contributed by atoms with van der Waals surface area (Å²) >= 11 is 0. The van der Waals surface area contributed by atoms with Crippen LogP contribution in [0.1, 0.15) is 22.8 Å². The average molecular weight is 819 g/mol. The summed E-state index contributed by atoms with van der Waals surface area (Å²) in [4.78, 5) is 17.0. The average Bonchev–Trinajstić information content (AvgIpc) is 4.09. The SMILES string of the molecule is OC[C@H]1O[C@@H](Oc2cccc(-c3c4nc(cc5ccc([nH]5)c(-c5cccc(O[C@@H]6O[C@H](CO)[C@@H](O)[C@H](O)[C@H]6O)c5)c5nc(cc6ccc3[nH]6)C=C5)C=C4)c2)[C@H](O)[C@@H](O)[C@@H]1O. The first kappa shape index (κ1) is 39.7. The van der Waals surface area contributed by atoms with Crippen molar-refractivity contribution < 1.29 is 59.8 Å². The first-order chi connectivity index (χ1) is 29.1. The molecule has 310 valence electrons. The number of rotatable bonds is 8. The van der Waals surface area contributed by atoms with E-state index < -0.39 is 74.6 Å². The summed E-state index contributed by atoms with van der Waals surface area (Å²) in [7, 11) is 0. The normalized spacial score (nSPS) is 27.5. The second-order valence-corrected chi connectivity index (χ2v) is 14.9. The standard InChI is InChI=1S/C44H42N4O12/c49-19-33-37(51)39(53)41(55)43(59-33)57-27-5-1-3-21(15-27)35-29-11-7-23(45-29)17-25-9-13-31(47-25)36(32-14-10-26(48-32)18-24-8-12-30(35)46-24)22-4-2-6-28(16-22)58-44-42(56)40(54)38(52)34(20-50)60-44/h1-18,33-34,37-45,48-56H,19-20H2/t33-,34-,37-,38-,39+,40+,41-,42-,43-,44-/m1/s1. The lowest BCUT2D eigenvalue weighted by Crippen LogP contribution is -2.60. The zero-order valence-electron chi connectivity index (χ0n) is 31.7. The van der Waals surface area contributed by atoms with Crippen LogP contribution < -0.4 is 9.47 Å². The highest BCUT2D eigenvalue weighted by atomic mass is 16.7. The van der Waals surface area contributed by atoms with Gasteiger partial charge >= 0.3 is 0 Å². The van der Waals surface area contributed by atoms with Crippen LogP contribution in [-0.4, -0.2) is 135 Å². The minimum atomic E-state index is -1.59. The van der Waals surface area contributed by atoms with Crippen molar-refractivity contribution in [1.82, 2.24) is 19.9 Å². The number of aliphatic hydroxyl groups excluding tert-OH is 8. The Morgan fingerprint density at radius 3 is 1.35 bits per heavy atom. The van der Waals surface area contributed by atoms with Crippen molar-refractivity contribution in [2.75, 3.05) is 13.2 Å². The Hall–Kier alpha value is -5.76. The number of aromatic nitrogens is 4. The van der Waals surface area contributed by atoms with Crippen molar-refractivity contribution in [2.24, 2.45) is 0 Å². The summed E-state index contributed by atoms with van der Waals surface area (Å²) in [5, 5.41) is 81.6. The number of hydrogen-bond acceptors (Lipinski definition) is 14. The van der Waals surface area contributed by atoms with E-state index in [-0.39, 0.29) is 0 Å². The maximum Gasteiger partial charge on any atom is 0.229 e. The molecule has 0 saturated carbocycles. The molecule has 7 heterocycles. The molecule has 0 aliphatic carbocycles. The lowest BCUT2D eigenvalue weighted by Gasteiger charge is -2.39. The highest BCUT2D eigenvalue weighted by Crippen LogP contribution is 2.36. The second kappa shape index (κ2) is 16.4. The van der Waals surface area contributed by atoms with Crippen molar-refractivity contribution in [1.29, 1.82) is 0 Å². The van der Waals surface area contributed by atoms with Gasteiger partial charge in [0.25, 0.3) is 0 Å². The van der Waals surface area contributed by atoms with Crippen LogP contribution in [0.3, 0.4) is 0 Å². The molecule has 4 aliphatic rings. The van der Waals surface area contributed by atoms with E-state index in [1.807, 2.05) is 72.8 Å². The maximum atomic E-state index is 10.6. The largest absolute Gasteiger partial charge is 0.462 e. The molecule has 60 heavy (non-hydrogen) atoms. The first-order valence-corrected chi connectivity index (χ1v) is 19.3. The Kier molecular flexibility index (Phi) is 10.8. The number of aromatic amines is 2. The van der Waals surface area contributed by atoms with Gasteiger partial charge in [-0.1, -0.05) is 24.3 Å². The van der Waals surface area contributed by atoms with Gasteiger partial charge in [-0.25, -0.2) is 9.97 Å². The number of nitrogens with one attached hydrogen (secondary N) is 2. The van der Waals surface area contributed by atoms with Gasteiger partial charge in [0, 0.05) is 33.2 Å². The molecule has 5 aromatic rings. The third-order valence-corrected chi connectivity index (χ3v) is 10.8. The van der Waals surface area contributed by atoms with Crippen LogP contribution in [0.4, 0.5) is 0 Å². The van der Waals surface area contributed by atoms with Gasteiger partial charge in [0.2, 0.25) is 12.6 Å². The monoisotopic (exact) mass is 818 g/mol. The number of hydrogen-bond donors (Lipinski definition) is 10. The van der Waals surface area contributed by atoms with Gasteiger partial charge in [0.1, 0.15) is 60.3 Å². The lowest BCUT2D eigenvalue weighted by molar-refractivity contribution is -0.277. The smallest absolute Gasteiger partial charge is 0.229 e. The number of H-pyrrole nitrogens is 2. The number of ether oxygens (including phenoxy) is 4. The molecule has 0 amide bonds. The molecule has 4 aliphatic heterocycles. The van der Waals surface area contributed by atoms with Crippen LogP contribution in [0, 0.1) is 0 Å². The predicted molar refractivity (Wildman–Crippen MR) is 219 cm³/mol. The molecule has 3 aromatic heterocycles. The molecule has 9 rings (SSSR count). The van der Waals surface area contributed by atoms with Crippen LogP contribution in [0.5, 0.6) is 11.5 Å². The molecule has 8 bridgehead atoms. The van der Waals surface area contributed by atoms with E-state index in [9.17, 15) is 40.9 Å². The van der Waals surface area contributed by atoms with E-state index in [0.717, 1.165) is 33.2 Å². The van der Waals surface area contributed by atoms with Crippen LogP contribution in [0.15, 0.2) is 84.9 Å². The fraction of sp³-hybridized carbons (Fsp3) is 0.273. The molecule has 2 saturated heterocycles. The van der Waals surface area contributed by atoms with Gasteiger partial charge in [0.15, 0.2) is 0 Å². The molecule has 16 heteroatoms. The molecule has 0 spiro atoms. The Labute approximate surface area is 341 Å². The van der Waals surface area contributed by atoms with Gasteiger partial charge in [-0.3, -0.25) is 0 Å². The topological polar surface area (TPSA) is 256 Å². The minimum absolute atomic E-state index is 0.304. The van der Waals surface area contributed by atoms with Crippen molar-refractivity contribution >= 4 is 46.4 Å². The van der Waals surface area contributed by atoms with Crippen molar-refractivity contribution in [3.05, 3.63) is 108 Å². The van der Waals surface area contributed by atoms with Crippen LogP contribution >= 0.6 is 0 Å². The quantitative estimate of drug-likeness (QED) is 0.106. The van der Waals surface area contributed by atoms with E-state index in [2.05, 4.69) is 9.97 Å². The predicted octanol–water partition coefficient (Wildman–Crippen LogP) is 2.35. The molecular weight excluding hydrogens is 776 g/mol. The molecule has 0 unspecified atom stereocenters. The number of aliphatic hydroxyl groups is 8. The summed E-state index contributed by atoms with van der Waals surface area (Å²) in [6, 6.07) is 25.7. The lowest BCUT2D eigenvalue weighted by atomic mass is 9.99. The molecule has 0 radical (unpaired) electrons. The third-order valence-electron chi connectivity index (χ3n) is 10.8. The van der Waals surface area contributed by atoms with Gasteiger partial charge in [0.05, 0.1) is 36.0 Å². The molecular formula is C44H42N4O12. The molecule has 2 aromatic carbocycles. The zero-order valence-corrected chi connectivity index (χ0v) is 31.7. The molecule has 2 fully saturated rings. The first-order valence-electron chi connectivity index (χ1n) is 19.3. The number of fused-ring (bicyclic) bond motifs is 8. The fourth-order valence-corrected chi connectivity index (χ4v) is 7.73. The highest BCUT2D eigenvalue weighted by molar-refractivity contribution is 5.93. The van der Waals surface area contributed by atoms with Crippen molar-refractivity contribution in [2.45, 2.75) is 61.4 Å². The second-order valence-electron chi connectivity index (χ2n) is 14.9. The Morgan fingerprint density at radius 2 is 0.933 bits per heavy atom. The summed E-state index contributed by atoms with van der Waals surface area (Å²) in [5.41, 5.74) is 8.52. The van der Waals surface area contributed by atoms with Gasteiger partial charge < -0.3 is 69.8 Å². The van der Waals surface area contributed by atoms with Gasteiger partial charge in [-0.15, -0.1) is 0 Å². The maximum absolute atomic E-state index is 10.6. The summed E-state index contributed by atoms with van der Waals surface area (Å²) < 4.78 is 23.1. The number of nitrogens with zero attached hydrogens (tertiary/aromatic N) is 2. The highest BCUT2D eigenvalue weighted by Gasteiger charge is 2.46. The van der Waals surface area contributed by atoms with Gasteiger partial charge in [-0.2, -0.15) is 0 Å². The molecule has 10 N–H and O–H groups in total.